The van der Waals surface area contributed by atoms with Crippen LogP contribution in [0, 0.1) is 0 Å². The quantitative estimate of drug-likeness (QED) is 0.0262. The molecule has 1 atom stereocenters. The summed E-state index contributed by atoms with van der Waals surface area (Å²) in [5, 5.41) is 0. The lowest BCUT2D eigenvalue weighted by molar-refractivity contribution is -0.167. The Morgan fingerprint density at radius 1 is 0.304 bits per heavy atom. The van der Waals surface area contributed by atoms with Crippen molar-refractivity contribution in [1.82, 2.24) is 0 Å². The standard InChI is InChI=1S/C63H110O6/c1-4-7-10-13-16-19-22-25-28-31-33-35-38-41-44-47-50-53-56-62(65)68-59-60(58-67-61(64)55-52-49-46-43-40-37-34-30-27-24-21-18-15-12-9-6-3)69-63(66)57-54-51-48-45-42-39-36-32-29-26-23-20-17-14-11-8-5-2/h8,11,14,17,20,23,26,29,32,36,39,42,60H,4-7,9-10,12-13,15-16,18-19,21-22,24-25,27-28,30-31,33-35,37-38,40-41,43-59H2,1-3H3/b11-8-,17-14-,23-20-,29-26-,36-32+,42-39-. The highest BCUT2D eigenvalue weighted by Gasteiger charge is 2.19. The van der Waals surface area contributed by atoms with Crippen molar-refractivity contribution in [2.75, 3.05) is 13.2 Å². The summed E-state index contributed by atoms with van der Waals surface area (Å²) in [5.41, 5.74) is 0. The molecule has 0 aromatic heterocycles. The average molecular weight is 964 g/mol. The van der Waals surface area contributed by atoms with E-state index in [-0.39, 0.29) is 37.5 Å². The van der Waals surface area contributed by atoms with Crippen LogP contribution in [0.2, 0.25) is 0 Å². The molecule has 0 aliphatic heterocycles. The van der Waals surface area contributed by atoms with Gasteiger partial charge >= 0.3 is 17.9 Å². The molecule has 398 valence electrons. The van der Waals surface area contributed by atoms with Crippen LogP contribution in [0.25, 0.3) is 0 Å². The Morgan fingerprint density at radius 3 is 0.884 bits per heavy atom. The first kappa shape index (κ1) is 65.8. The molecule has 0 aliphatic carbocycles. The number of hydrogen-bond donors (Lipinski definition) is 0. The van der Waals surface area contributed by atoms with E-state index in [1.54, 1.807) is 0 Å². The van der Waals surface area contributed by atoms with Crippen molar-refractivity contribution in [3.05, 3.63) is 72.9 Å². The van der Waals surface area contributed by atoms with Crippen LogP contribution in [0.3, 0.4) is 0 Å². The van der Waals surface area contributed by atoms with Crippen LogP contribution >= 0.6 is 0 Å². The van der Waals surface area contributed by atoms with Gasteiger partial charge in [0, 0.05) is 19.3 Å². The number of hydrogen-bond acceptors (Lipinski definition) is 6. The molecular formula is C63H110O6. The molecule has 0 saturated heterocycles. The van der Waals surface area contributed by atoms with Crippen LogP contribution in [-0.2, 0) is 28.6 Å². The minimum Gasteiger partial charge on any atom is -0.462 e. The molecule has 0 spiro atoms. The highest BCUT2D eigenvalue weighted by Crippen LogP contribution is 2.17. The number of carbonyl (C=O) groups excluding carboxylic acids is 3. The van der Waals surface area contributed by atoms with Crippen molar-refractivity contribution < 1.29 is 28.6 Å². The number of unbranched alkanes of at least 4 members (excludes halogenated alkanes) is 35. The minimum atomic E-state index is -0.796. The second-order valence-electron chi connectivity index (χ2n) is 19.7. The molecule has 0 aromatic rings. The van der Waals surface area contributed by atoms with E-state index < -0.39 is 6.10 Å². The van der Waals surface area contributed by atoms with Gasteiger partial charge in [-0.2, -0.15) is 0 Å². The van der Waals surface area contributed by atoms with Crippen LogP contribution in [0.5, 0.6) is 0 Å². The van der Waals surface area contributed by atoms with Crippen LogP contribution in [0.1, 0.15) is 290 Å². The van der Waals surface area contributed by atoms with Gasteiger partial charge < -0.3 is 14.2 Å². The third kappa shape index (κ3) is 55.6. The number of ether oxygens (including phenoxy) is 3. The number of allylic oxidation sites excluding steroid dienone is 12. The Bertz CT molecular complexity index is 1290. The molecule has 0 aliphatic rings. The van der Waals surface area contributed by atoms with Crippen LogP contribution in [0.4, 0.5) is 0 Å². The zero-order valence-electron chi connectivity index (χ0n) is 45.6. The third-order valence-corrected chi connectivity index (χ3v) is 12.9. The lowest BCUT2D eigenvalue weighted by atomic mass is 10.0. The molecule has 0 heterocycles. The van der Waals surface area contributed by atoms with E-state index in [0.29, 0.717) is 19.3 Å². The summed E-state index contributed by atoms with van der Waals surface area (Å²) in [5.74, 6) is -0.919. The molecule has 0 amide bonds. The molecule has 0 aromatic carbocycles. The topological polar surface area (TPSA) is 78.9 Å². The fourth-order valence-corrected chi connectivity index (χ4v) is 8.48. The average Bonchev–Trinajstić information content (AvgIpc) is 3.35. The first-order chi connectivity index (χ1) is 34.0. The van der Waals surface area contributed by atoms with E-state index in [1.807, 2.05) is 60.8 Å². The molecule has 1 unspecified atom stereocenters. The minimum absolute atomic E-state index is 0.0899. The summed E-state index contributed by atoms with van der Waals surface area (Å²) >= 11 is 0. The normalized spacial score (nSPS) is 12.6. The molecule has 0 N–H and O–H groups in total. The maximum absolute atomic E-state index is 12.9. The zero-order chi connectivity index (χ0) is 50.0. The maximum atomic E-state index is 12.9. The Balaban J connectivity index is 4.43. The van der Waals surface area contributed by atoms with Crippen LogP contribution in [0.15, 0.2) is 72.9 Å². The van der Waals surface area contributed by atoms with Gasteiger partial charge in [-0.3, -0.25) is 14.4 Å². The van der Waals surface area contributed by atoms with Crippen molar-refractivity contribution in [1.29, 1.82) is 0 Å². The molecule has 0 radical (unpaired) electrons. The predicted molar refractivity (Wildman–Crippen MR) is 298 cm³/mol. The summed E-state index contributed by atoms with van der Waals surface area (Å²) in [6, 6.07) is 0. The van der Waals surface area contributed by atoms with Crippen molar-refractivity contribution >= 4 is 17.9 Å². The Labute approximate surface area is 427 Å². The predicted octanol–water partition coefficient (Wildman–Crippen LogP) is 19.8. The van der Waals surface area contributed by atoms with Gasteiger partial charge in [-0.1, -0.05) is 306 Å². The van der Waals surface area contributed by atoms with Gasteiger partial charge in [0.15, 0.2) is 6.10 Å². The largest absolute Gasteiger partial charge is 0.462 e. The first-order valence-electron chi connectivity index (χ1n) is 29.5. The van der Waals surface area contributed by atoms with Crippen molar-refractivity contribution in [3.8, 4) is 0 Å². The highest BCUT2D eigenvalue weighted by atomic mass is 16.6. The van der Waals surface area contributed by atoms with Gasteiger partial charge in [-0.15, -0.1) is 0 Å². The van der Waals surface area contributed by atoms with E-state index in [0.717, 1.165) is 64.2 Å². The van der Waals surface area contributed by atoms with Gasteiger partial charge in [0.25, 0.3) is 0 Å². The van der Waals surface area contributed by atoms with Gasteiger partial charge in [0.1, 0.15) is 13.2 Å². The fraction of sp³-hybridized carbons (Fsp3) is 0.762. The summed E-state index contributed by atoms with van der Waals surface area (Å²) in [4.78, 5) is 38.2. The SMILES string of the molecule is CC\C=C/C=C\C=C/C=C\C=C\C=C/CCCCCC(=O)OC(COC(=O)CCCCCCCCCCCCCCCCCC)COC(=O)CCCCCCCCCCCCCCCCCCCC. The summed E-state index contributed by atoms with van der Waals surface area (Å²) in [7, 11) is 0. The van der Waals surface area contributed by atoms with E-state index in [9.17, 15) is 14.4 Å². The van der Waals surface area contributed by atoms with Gasteiger partial charge in [-0.05, 0) is 38.5 Å². The first-order valence-corrected chi connectivity index (χ1v) is 29.5. The molecule has 6 heteroatoms. The summed E-state index contributed by atoms with van der Waals surface area (Å²) < 4.78 is 16.9. The Morgan fingerprint density at radius 2 is 0.565 bits per heavy atom. The van der Waals surface area contributed by atoms with E-state index >= 15 is 0 Å². The van der Waals surface area contributed by atoms with Crippen molar-refractivity contribution in [2.24, 2.45) is 0 Å². The van der Waals surface area contributed by atoms with Crippen LogP contribution < -0.4 is 0 Å². The number of carbonyl (C=O) groups is 3. The smallest absolute Gasteiger partial charge is 0.306 e. The molecular weight excluding hydrogens is 853 g/mol. The summed E-state index contributed by atoms with van der Waals surface area (Å²) in [6.45, 7) is 6.50. The van der Waals surface area contributed by atoms with E-state index in [1.165, 1.54) is 180 Å². The Kier molecular flexibility index (Phi) is 54.8. The van der Waals surface area contributed by atoms with E-state index in [2.05, 4.69) is 32.9 Å². The molecule has 0 saturated carbocycles. The Hall–Kier alpha value is -3.15. The third-order valence-electron chi connectivity index (χ3n) is 12.9. The molecule has 6 nitrogen and oxygen atoms in total. The summed E-state index contributed by atoms with van der Waals surface area (Å²) in [6.07, 6.45) is 73.2. The maximum Gasteiger partial charge on any atom is 0.306 e. The van der Waals surface area contributed by atoms with Crippen LogP contribution in [-0.4, -0.2) is 37.2 Å². The molecule has 69 heavy (non-hydrogen) atoms. The molecule has 0 fully saturated rings. The van der Waals surface area contributed by atoms with Gasteiger partial charge in [0.2, 0.25) is 0 Å². The number of esters is 3. The second kappa shape index (κ2) is 57.4. The zero-order valence-corrected chi connectivity index (χ0v) is 45.6. The lowest BCUT2D eigenvalue weighted by Crippen LogP contribution is -2.30. The molecule has 0 bridgehead atoms. The monoisotopic (exact) mass is 963 g/mol. The molecule has 0 rings (SSSR count). The van der Waals surface area contributed by atoms with Gasteiger partial charge in [0.05, 0.1) is 0 Å². The number of rotatable bonds is 53. The lowest BCUT2D eigenvalue weighted by Gasteiger charge is -2.18. The van der Waals surface area contributed by atoms with Crippen molar-refractivity contribution in [3.63, 3.8) is 0 Å². The fourth-order valence-electron chi connectivity index (χ4n) is 8.48. The van der Waals surface area contributed by atoms with E-state index in [4.69, 9.17) is 14.2 Å². The second-order valence-corrected chi connectivity index (χ2v) is 19.7. The van der Waals surface area contributed by atoms with Crippen molar-refractivity contribution in [2.45, 2.75) is 297 Å². The highest BCUT2D eigenvalue weighted by molar-refractivity contribution is 5.71. The van der Waals surface area contributed by atoms with Gasteiger partial charge in [-0.25, -0.2) is 0 Å².